The molecule has 1 aliphatic rings. The average molecular weight is 280 g/mol. The Morgan fingerprint density at radius 2 is 1.95 bits per heavy atom. The van der Waals surface area contributed by atoms with Gasteiger partial charge in [0.25, 0.3) is 0 Å². The van der Waals surface area contributed by atoms with Crippen LogP contribution in [0.4, 0.5) is 10.5 Å². The fourth-order valence-corrected chi connectivity index (χ4v) is 2.12. The van der Waals surface area contributed by atoms with Gasteiger partial charge in [0.15, 0.2) is 11.5 Å². The van der Waals surface area contributed by atoms with Gasteiger partial charge in [0, 0.05) is 25.2 Å². The molecule has 7 heteroatoms. The van der Waals surface area contributed by atoms with Crippen LogP contribution in [0.3, 0.4) is 0 Å². The number of methoxy groups -OCH3 is 2. The number of benzene rings is 1. The molecule has 1 aromatic carbocycles. The zero-order valence-electron chi connectivity index (χ0n) is 11.3. The van der Waals surface area contributed by atoms with Crippen molar-refractivity contribution in [3.8, 4) is 11.5 Å². The van der Waals surface area contributed by atoms with Crippen LogP contribution in [0.1, 0.15) is 16.8 Å². The van der Waals surface area contributed by atoms with Gasteiger partial charge in [0.2, 0.25) is 0 Å². The van der Waals surface area contributed by atoms with E-state index in [-0.39, 0.29) is 11.6 Å². The quantitative estimate of drug-likeness (QED) is 0.868. The highest BCUT2D eigenvalue weighted by Gasteiger charge is 2.26. The molecule has 108 valence electrons. The lowest BCUT2D eigenvalue weighted by molar-refractivity contribution is 0.0697. The third-order valence-electron chi connectivity index (χ3n) is 3.10. The van der Waals surface area contributed by atoms with Gasteiger partial charge >= 0.3 is 12.0 Å². The van der Waals surface area contributed by atoms with E-state index < -0.39 is 5.97 Å². The van der Waals surface area contributed by atoms with E-state index in [2.05, 4.69) is 5.32 Å². The molecule has 0 aliphatic carbocycles. The van der Waals surface area contributed by atoms with Crippen molar-refractivity contribution in [1.82, 2.24) is 5.32 Å². The molecular formula is C13H16N2O5. The SMILES string of the molecule is COc1cc(C(=O)O)c(N2CCCNC2=O)cc1OC. The Morgan fingerprint density at radius 3 is 2.50 bits per heavy atom. The number of carboxylic acids is 1. The van der Waals surface area contributed by atoms with E-state index in [1.165, 1.54) is 31.3 Å². The molecule has 1 fully saturated rings. The molecule has 7 nitrogen and oxygen atoms in total. The van der Waals surface area contributed by atoms with Crippen LogP contribution in [0.15, 0.2) is 12.1 Å². The number of nitrogens with one attached hydrogen (secondary N) is 1. The molecule has 1 heterocycles. The molecule has 0 bridgehead atoms. The highest BCUT2D eigenvalue weighted by molar-refractivity contribution is 6.02. The predicted molar refractivity (Wildman–Crippen MR) is 71.9 cm³/mol. The van der Waals surface area contributed by atoms with Gasteiger partial charge in [0.1, 0.15) is 0 Å². The normalized spacial score (nSPS) is 14.7. The van der Waals surface area contributed by atoms with E-state index in [1.807, 2.05) is 0 Å². The summed E-state index contributed by atoms with van der Waals surface area (Å²) in [6.45, 7) is 1.05. The molecule has 0 radical (unpaired) electrons. The Hall–Kier alpha value is -2.44. The number of anilines is 1. The number of urea groups is 1. The second-order valence-corrected chi connectivity index (χ2v) is 4.27. The Morgan fingerprint density at radius 1 is 1.30 bits per heavy atom. The van der Waals surface area contributed by atoms with Crippen molar-refractivity contribution in [3.63, 3.8) is 0 Å². The molecular weight excluding hydrogens is 264 g/mol. The summed E-state index contributed by atoms with van der Waals surface area (Å²) in [5.41, 5.74) is 0.298. The van der Waals surface area contributed by atoms with Gasteiger partial charge in [-0.3, -0.25) is 4.90 Å². The molecule has 2 amide bonds. The molecule has 0 spiro atoms. The lowest BCUT2D eigenvalue weighted by Gasteiger charge is -2.29. The molecule has 2 rings (SSSR count). The van der Waals surface area contributed by atoms with Crippen LogP contribution in [0, 0.1) is 0 Å². The maximum Gasteiger partial charge on any atom is 0.337 e. The van der Waals surface area contributed by atoms with E-state index in [4.69, 9.17) is 9.47 Å². The maximum atomic E-state index is 11.9. The monoisotopic (exact) mass is 280 g/mol. The third-order valence-corrected chi connectivity index (χ3v) is 3.10. The van der Waals surface area contributed by atoms with Crippen LogP contribution in [0.5, 0.6) is 11.5 Å². The topological polar surface area (TPSA) is 88.1 Å². The lowest BCUT2D eigenvalue weighted by atomic mass is 10.1. The minimum absolute atomic E-state index is 0.000278. The summed E-state index contributed by atoms with van der Waals surface area (Å²) in [4.78, 5) is 24.7. The Kier molecular flexibility index (Phi) is 3.97. The number of aromatic carboxylic acids is 1. The van der Waals surface area contributed by atoms with E-state index >= 15 is 0 Å². The molecule has 1 aliphatic heterocycles. The summed E-state index contributed by atoms with van der Waals surface area (Å²) in [6, 6.07) is 2.55. The smallest absolute Gasteiger partial charge is 0.337 e. The van der Waals surface area contributed by atoms with Crippen LogP contribution in [-0.2, 0) is 0 Å². The second kappa shape index (κ2) is 5.68. The molecule has 0 saturated carbocycles. The third kappa shape index (κ3) is 2.47. The number of amides is 2. The fraction of sp³-hybridized carbons (Fsp3) is 0.385. The lowest BCUT2D eigenvalue weighted by Crippen LogP contribution is -2.47. The number of rotatable bonds is 4. The first-order valence-electron chi connectivity index (χ1n) is 6.13. The van der Waals surface area contributed by atoms with Crippen molar-refractivity contribution in [2.75, 3.05) is 32.2 Å². The van der Waals surface area contributed by atoms with Crippen LogP contribution >= 0.6 is 0 Å². The number of carbonyl (C=O) groups is 2. The minimum Gasteiger partial charge on any atom is -0.493 e. The van der Waals surface area contributed by atoms with Crippen molar-refractivity contribution in [2.24, 2.45) is 0 Å². The van der Waals surface area contributed by atoms with Gasteiger partial charge in [0.05, 0.1) is 25.5 Å². The van der Waals surface area contributed by atoms with E-state index in [0.717, 1.165) is 6.42 Å². The number of carboxylic acid groups (broad SMARTS) is 1. The molecule has 2 N–H and O–H groups in total. The van der Waals surface area contributed by atoms with E-state index in [9.17, 15) is 14.7 Å². The fourth-order valence-electron chi connectivity index (χ4n) is 2.12. The van der Waals surface area contributed by atoms with Crippen molar-refractivity contribution in [2.45, 2.75) is 6.42 Å². The van der Waals surface area contributed by atoms with Crippen LogP contribution < -0.4 is 19.7 Å². The summed E-state index contributed by atoms with van der Waals surface area (Å²) in [7, 11) is 2.88. The summed E-state index contributed by atoms with van der Waals surface area (Å²) < 4.78 is 10.3. The van der Waals surface area contributed by atoms with Gasteiger partial charge in [-0.25, -0.2) is 9.59 Å². The zero-order valence-corrected chi connectivity index (χ0v) is 11.3. The van der Waals surface area contributed by atoms with Gasteiger partial charge in [-0.1, -0.05) is 0 Å². The van der Waals surface area contributed by atoms with Crippen LogP contribution in [0.25, 0.3) is 0 Å². The molecule has 1 saturated heterocycles. The highest BCUT2D eigenvalue weighted by atomic mass is 16.5. The highest BCUT2D eigenvalue weighted by Crippen LogP contribution is 2.35. The Labute approximate surface area is 116 Å². The standard InChI is InChI=1S/C13H16N2O5/c1-19-10-6-8(12(16)17)9(7-11(10)20-2)15-5-3-4-14-13(15)18/h6-7H,3-5H2,1-2H3,(H,14,18)(H,16,17). The van der Waals surface area contributed by atoms with Gasteiger partial charge in [-0.15, -0.1) is 0 Å². The number of carbonyl (C=O) groups excluding carboxylic acids is 1. The van der Waals surface area contributed by atoms with Crippen LogP contribution in [0.2, 0.25) is 0 Å². The zero-order chi connectivity index (χ0) is 14.7. The first kappa shape index (κ1) is 14.0. The van der Waals surface area contributed by atoms with E-state index in [0.29, 0.717) is 30.3 Å². The maximum absolute atomic E-state index is 11.9. The van der Waals surface area contributed by atoms with Gasteiger partial charge < -0.3 is 19.9 Å². The summed E-state index contributed by atoms with van der Waals surface area (Å²) in [5.74, 6) is -0.434. The molecule has 0 aromatic heterocycles. The number of hydrogen-bond acceptors (Lipinski definition) is 4. The average Bonchev–Trinajstić information content (AvgIpc) is 2.46. The number of ether oxygens (including phenoxy) is 2. The molecule has 0 atom stereocenters. The van der Waals surface area contributed by atoms with Crippen molar-refractivity contribution in [3.05, 3.63) is 17.7 Å². The predicted octanol–water partition coefficient (Wildman–Crippen LogP) is 1.32. The summed E-state index contributed by atoms with van der Waals surface area (Å²) in [5, 5.41) is 12.0. The van der Waals surface area contributed by atoms with Gasteiger partial charge in [-0.2, -0.15) is 0 Å². The first-order chi connectivity index (χ1) is 9.58. The van der Waals surface area contributed by atoms with Crippen molar-refractivity contribution in [1.29, 1.82) is 0 Å². The Balaban J connectivity index is 2.54. The molecule has 20 heavy (non-hydrogen) atoms. The van der Waals surface area contributed by atoms with Gasteiger partial charge in [-0.05, 0) is 6.42 Å². The summed E-state index contributed by atoms with van der Waals surface area (Å²) in [6.07, 6.45) is 0.749. The first-order valence-corrected chi connectivity index (χ1v) is 6.13. The molecule has 1 aromatic rings. The number of hydrogen-bond donors (Lipinski definition) is 2. The van der Waals surface area contributed by atoms with Crippen LogP contribution in [-0.4, -0.2) is 44.4 Å². The minimum atomic E-state index is -1.13. The largest absolute Gasteiger partial charge is 0.493 e. The van der Waals surface area contributed by atoms with E-state index in [1.54, 1.807) is 0 Å². The molecule has 0 unspecified atom stereocenters. The van der Waals surface area contributed by atoms with Crippen molar-refractivity contribution < 1.29 is 24.2 Å². The van der Waals surface area contributed by atoms with Crippen molar-refractivity contribution >= 4 is 17.7 Å². The number of nitrogens with zero attached hydrogens (tertiary/aromatic N) is 1. The second-order valence-electron chi connectivity index (χ2n) is 4.27. The summed E-state index contributed by atoms with van der Waals surface area (Å²) >= 11 is 0. The Bertz CT molecular complexity index is 544.